The number of carbonyl (C=O) groups excluding carboxylic acids is 5. The van der Waals surface area contributed by atoms with Crippen molar-refractivity contribution in [1.82, 2.24) is 0 Å². The van der Waals surface area contributed by atoms with Gasteiger partial charge >= 0.3 is 23.9 Å². The molecule has 0 bridgehead atoms. The number of ether oxygens (including phenoxy) is 6. The molecule has 0 N–H and O–H groups in total. The largest absolute Gasteiger partial charge is 0.455 e. The lowest BCUT2D eigenvalue weighted by Gasteiger charge is -2.15. The van der Waals surface area contributed by atoms with Crippen LogP contribution in [0.1, 0.15) is 51.8 Å². The standard InChI is InChI=1S/C40H32O11/c1-6-37(42)48-24(4)46-32-14-12-26-18-30(10-8-28(26)20-32)39(44)50-34-16-17-36(35(22-34)23(3)41)51-40(45)31-11-9-29-21-33(15-13-27(29)19-31)47-25(5)49-38(43)7-2/h6-22,24-25H,1-2H2,3-5H3. The van der Waals surface area contributed by atoms with Crippen molar-refractivity contribution in [3.05, 3.63) is 133 Å². The Labute approximate surface area is 292 Å². The number of rotatable bonds is 13. The lowest BCUT2D eigenvalue weighted by Crippen LogP contribution is -2.19. The van der Waals surface area contributed by atoms with E-state index in [1.807, 2.05) is 0 Å². The van der Waals surface area contributed by atoms with Gasteiger partial charge in [0.05, 0.1) is 16.7 Å². The first-order valence-electron chi connectivity index (χ1n) is 15.6. The van der Waals surface area contributed by atoms with Gasteiger partial charge in [0.25, 0.3) is 0 Å². The Bertz CT molecular complexity index is 2200. The van der Waals surface area contributed by atoms with E-state index < -0.39 is 42.2 Å². The summed E-state index contributed by atoms with van der Waals surface area (Å²) in [6, 6.07) is 24.3. The summed E-state index contributed by atoms with van der Waals surface area (Å²) in [4.78, 5) is 61.5. The maximum absolute atomic E-state index is 13.1. The normalized spacial score (nSPS) is 11.8. The topological polar surface area (TPSA) is 141 Å². The molecule has 0 saturated heterocycles. The number of hydrogen-bond donors (Lipinski definition) is 0. The van der Waals surface area contributed by atoms with E-state index in [2.05, 4.69) is 13.2 Å². The average Bonchev–Trinajstić information content (AvgIpc) is 3.11. The second kappa shape index (κ2) is 15.6. The van der Waals surface area contributed by atoms with Crippen molar-refractivity contribution in [2.24, 2.45) is 0 Å². The highest BCUT2D eigenvalue weighted by Crippen LogP contribution is 2.29. The zero-order valence-electron chi connectivity index (χ0n) is 27.9. The third-order valence-electron chi connectivity index (χ3n) is 7.34. The molecular weight excluding hydrogens is 656 g/mol. The molecule has 0 fully saturated rings. The van der Waals surface area contributed by atoms with Gasteiger partial charge < -0.3 is 28.4 Å². The molecule has 11 heteroatoms. The van der Waals surface area contributed by atoms with Crippen LogP contribution in [0.5, 0.6) is 23.0 Å². The van der Waals surface area contributed by atoms with Crippen LogP contribution in [0.15, 0.2) is 116 Å². The lowest BCUT2D eigenvalue weighted by atomic mass is 10.1. The van der Waals surface area contributed by atoms with Crippen LogP contribution in [0.25, 0.3) is 21.5 Å². The molecule has 0 aliphatic carbocycles. The summed E-state index contributed by atoms with van der Waals surface area (Å²) in [5, 5.41) is 2.96. The smallest absolute Gasteiger partial charge is 0.343 e. The molecule has 0 aliphatic heterocycles. The van der Waals surface area contributed by atoms with Gasteiger partial charge in [0.1, 0.15) is 23.0 Å². The Hall–Kier alpha value is -6.75. The molecule has 5 aromatic rings. The zero-order chi connectivity index (χ0) is 36.7. The Morgan fingerprint density at radius 3 is 1.45 bits per heavy atom. The molecule has 5 rings (SSSR count). The fourth-order valence-corrected chi connectivity index (χ4v) is 4.96. The second-order valence-electron chi connectivity index (χ2n) is 11.1. The van der Waals surface area contributed by atoms with E-state index in [9.17, 15) is 24.0 Å². The van der Waals surface area contributed by atoms with E-state index in [0.29, 0.717) is 16.9 Å². The van der Waals surface area contributed by atoms with Crippen LogP contribution in [0.4, 0.5) is 0 Å². The van der Waals surface area contributed by atoms with Crippen molar-refractivity contribution in [3.63, 3.8) is 0 Å². The molecule has 0 spiro atoms. The van der Waals surface area contributed by atoms with E-state index in [1.165, 1.54) is 25.1 Å². The number of fused-ring (bicyclic) bond motifs is 2. The number of esters is 4. The van der Waals surface area contributed by atoms with Gasteiger partial charge in [0.15, 0.2) is 5.78 Å². The van der Waals surface area contributed by atoms with Crippen LogP contribution in [0.2, 0.25) is 0 Å². The summed E-state index contributed by atoms with van der Waals surface area (Å²) >= 11 is 0. The highest BCUT2D eigenvalue weighted by molar-refractivity contribution is 6.01. The minimum absolute atomic E-state index is 0.00323. The number of benzene rings is 5. The van der Waals surface area contributed by atoms with Crippen LogP contribution in [0, 0.1) is 0 Å². The monoisotopic (exact) mass is 688 g/mol. The molecule has 11 nitrogen and oxygen atoms in total. The van der Waals surface area contributed by atoms with Gasteiger partial charge in [-0.15, -0.1) is 0 Å². The van der Waals surface area contributed by atoms with Gasteiger partial charge in [-0.25, -0.2) is 19.2 Å². The molecule has 0 saturated carbocycles. The second-order valence-corrected chi connectivity index (χ2v) is 11.1. The van der Waals surface area contributed by atoms with Gasteiger partial charge in [-0.3, -0.25) is 4.79 Å². The number of carbonyl (C=O) groups is 5. The van der Waals surface area contributed by atoms with Crippen molar-refractivity contribution in [1.29, 1.82) is 0 Å². The van der Waals surface area contributed by atoms with E-state index in [0.717, 1.165) is 28.3 Å². The number of hydrogen-bond acceptors (Lipinski definition) is 11. The van der Waals surface area contributed by atoms with Gasteiger partial charge in [-0.05, 0) is 95.2 Å². The van der Waals surface area contributed by atoms with E-state index in [-0.39, 0.29) is 28.2 Å². The number of Topliss-reactive ketones (excluding diaryl/α,β-unsaturated/α-hetero) is 1. The van der Waals surface area contributed by atoms with Crippen molar-refractivity contribution in [3.8, 4) is 23.0 Å². The Morgan fingerprint density at radius 1 is 0.549 bits per heavy atom. The van der Waals surface area contributed by atoms with Crippen LogP contribution in [0.3, 0.4) is 0 Å². The molecule has 0 aliphatic rings. The zero-order valence-corrected chi connectivity index (χ0v) is 27.9. The quantitative estimate of drug-likeness (QED) is 0.0398. The molecule has 2 atom stereocenters. The van der Waals surface area contributed by atoms with Crippen molar-refractivity contribution in [2.75, 3.05) is 0 Å². The number of ketones is 1. The van der Waals surface area contributed by atoms with E-state index in [4.69, 9.17) is 28.4 Å². The maximum Gasteiger partial charge on any atom is 0.343 e. The van der Waals surface area contributed by atoms with Gasteiger partial charge in [0.2, 0.25) is 12.6 Å². The Kier molecular flexibility index (Phi) is 10.9. The Balaban J connectivity index is 1.25. The lowest BCUT2D eigenvalue weighted by molar-refractivity contribution is -0.156. The fourth-order valence-electron chi connectivity index (χ4n) is 4.96. The minimum atomic E-state index is -0.838. The molecule has 0 aromatic heterocycles. The highest BCUT2D eigenvalue weighted by atomic mass is 16.7. The van der Waals surface area contributed by atoms with Gasteiger partial charge in [-0.2, -0.15) is 0 Å². The molecule has 0 amide bonds. The predicted molar refractivity (Wildman–Crippen MR) is 187 cm³/mol. The molecule has 2 unspecified atom stereocenters. The van der Waals surface area contributed by atoms with Crippen LogP contribution < -0.4 is 18.9 Å². The first-order valence-corrected chi connectivity index (χ1v) is 15.6. The summed E-state index contributed by atoms with van der Waals surface area (Å²) in [6.07, 6.45) is 0.417. The summed E-state index contributed by atoms with van der Waals surface area (Å²) in [5.41, 5.74) is 0.529. The minimum Gasteiger partial charge on any atom is -0.455 e. The fraction of sp³-hybridized carbons (Fsp3) is 0.125. The average molecular weight is 689 g/mol. The summed E-state index contributed by atoms with van der Waals surface area (Å²) in [6.45, 7) is 11.2. The first kappa shape index (κ1) is 35.6. The third-order valence-corrected chi connectivity index (χ3v) is 7.34. The summed E-state index contributed by atoms with van der Waals surface area (Å²) in [5.74, 6) is -2.01. The van der Waals surface area contributed by atoms with Crippen LogP contribution in [-0.2, 0) is 19.1 Å². The van der Waals surface area contributed by atoms with Gasteiger partial charge in [-0.1, -0.05) is 37.4 Å². The SMILES string of the molecule is C=CC(=O)OC(C)Oc1ccc2cc(C(=O)Oc3ccc(OC(=O)c4ccc5cc(OC(C)OC(=O)C=C)ccc5c4)c(C(C)=O)c3)ccc2c1. The highest BCUT2D eigenvalue weighted by Gasteiger charge is 2.18. The van der Waals surface area contributed by atoms with Crippen molar-refractivity contribution < 1.29 is 52.4 Å². The molecule has 5 aromatic carbocycles. The third kappa shape index (κ3) is 9.04. The molecular formula is C40H32O11. The van der Waals surface area contributed by atoms with E-state index in [1.54, 1.807) is 86.6 Å². The molecule has 51 heavy (non-hydrogen) atoms. The first-order chi connectivity index (χ1) is 24.4. The molecule has 258 valence electrons. The van der Waals surface area contributed by atoms with Gasteiger partial charge in [0, 0.05) is 26.0 Å². The van der Waals surface area contributed by atoms with Crippen molar-refractivity contribution in [2.45, 2.75) is 33.4 Å². The Morgan fingerprint density at radius 2 is 0.980 bits per heavy atom. The summed E-state index contributed by atoms with van der Waals surface area (Å²) in [7, 11) is 0. The summed E-state index contributed by atoms with van der Waals surface area (Å²) < 4.78 is 32.5. The maximum atomic E-state index is 13.1. The molecule has 0 heterocycles. The predicted octanol–water partition coefficient (Wildman–Crippen LogP) is 7.54. The van der Waals surface area contributed by atoms with Crippen LogP contribution in [-0.4, -0.2) is 42.2 Å². The van der Waals surface area contributed by atoms with Crippen molar-refractivity contribution >= 4 is 51.2 Å². The molecule has 0 radical (unpaired) electrons. The van der Waals surface area contributed by atoms with Crippen LogP contribution >= 0.6 is 0 Å². The van der Waals surface area contributed by atoms with E-state index >= 15 is 0 Å².